The molecule has 1 N–H and O–H groups in total. The van der Waals surface area contributed by atoms with Gasteiger partial charge in [0.25, 0.3) is 0 Å². The van der Waals surface area contributed by atoms with Gasteiger partial charge in [-0.05, 0) is 32.0 Å². The fourth-order valence-corrected chi connectivity index (χ4v) is 2.23. The Morgan fingerprint density at radius 3 is 3.00 bits per heavy atom. The highest BCUT2D eigenvalue weighted by Crippen LogP contribution is 2.22. The Bertz CT molecular complexity index is 456. The molecule has 3 heterocycles. The third kappa shape index (κ3) is 1.51. The van der Waals surface area contributed by atoms with E-state index in [1.165, 1.54) is 5.39 Å². The van der Waals surface area contributed by atoms with Crippen LogP contribution in [0.3, 0.4) is 0 Å². The van der Waals surface area contributed by atoms with Crippen molar-refractivity contribution in [2.24, 2.45) is 0 Å². The van der Waals surface area contributed by atoms with Crippen molar-refractivity contribution in [2.75, 3.05) is 13.1 Å². The van der Waals surface area contributed by atoms with Crippen LogP contribution in [0.4, 0.5) is 0 Å². The summed E-state index contributed by atoms with van der Waals surface area (Å²) in [5.74, 6) is 0. The van der Waals surface area contributed by atoms with Gasteiger partial charge in [-0.3, -0.25) is 9.67 Å². The topological polar surface area (TPSA) is 42.7 Å². The smallest absolute Gasteiger partial charge is 0.0868 e. The Hall–Kier alpha value is -1.42. The number of fused-ring (bicyclic) bond motifs is 1. The van der Waals surface area contributed by atoms with Gasteiger partial charge >= 0.3 is 0 Å². The molecule has 1 saturated heterocycles. The maximum absolute atomic E-state index is 4.47. The molecule has 78 valence electrons. The van der Waals surface area contributed by atoms with E-state index < -0.39 is 0 Å². The molecule has 4 nitrogen and oxygen atoms in total. The zero-order chi connectivity index (χ0) is 10.1. The molecular weight excluding hydrogens is 188 g/mol. The highest BCUT2D eigenvalue weighted by atomic mass is 15.3. The Morgan fingerprint density at radius 2 is 2.13 bits per heavy atom. The Morgan fingerprint density at radius 1 is 1.27 bits per heavy atom. The minimum Gasteiger partial charge on any atom is -0.317 e. The molecule has 1 aliphatic heterocycles. The predicted octanol–water partition coefficient (Wildman–Crippen LogP) is 1.36. The molecule has 0 aromatic carbocycles. The molecule has 0 amide bonds. The van der Waals surface area contributed by atoms with Crippen molar-refractivity contribution in [3.63, 3.8) is 0 Å². The van der Waals surface area contributed by atoms with Gasteiger partial charge in [0.05, 0.1) is 24.0 Å². The second kappa shape index (κ2) is 3.62. The van der Waals surface area contributed by atoms with Crippen LogP contribution in [0.2, 0.25) is 0 Å². The van der Waals surface area contributed by atoms with Gasteiger partial charge in [0.15, 0.2) is 0 Å². The van der Waals surface area contributed by atoms with Gasteiger partial charge in [-0.15, -0.1) is 0 Å². The first-order valence-corrected chi connectivity index (χ1v) is 5.43. The van der Waals surface area contributed by atoms with Crippen molar-refractivity contribution in [2.45, 2.75) is 18.9 Å². The average molecular weight is 202 g/mol. The summed E-state index contributed by atoms with van der Waals surface area (Å²) in [5.41, 5.74) is 1.16. The van der Waals surface area contributed by atoms with Crippen LogP contribution < -0.4 is 5.32 Å². The fraction of sp³-hybridized carbons (Fsp3) is 0.455. The Balaban J connectivity index is 2.02. The second-order valence-corrected chi connectivity index (χ2v) is 4.00. The van der Waals surface area contributed by atoms with Crippen molar-refractivity contribution in [1.82, 2.24) is 20.1 Å². The van der Waals surface area contributed by atoms with Crippen LogP contribution >= 0.6 is 0 Å². The van der Waals surface area contributed by atoms with Crippen LogP contribution in [-0.4, -0.2) is 27.9 Å². The number of piperidine rings is 1. The van der Waals surface area contributed by atoms with Crippen LogP contribution in [0.5, 0.6) is 0 Å². The summed E-state index contributed by atoms with van der Waals surface area (Å²) >= 11 is 0. The number of hydrogen-bond donors (Lipinski definition) is 1. The van der Waals surface area contributed by atoms with Crippen LogP contribution in [0, 0.1) is 0 Å². The largest absolute Gasteiger partial charge is 0.317 e. The molecule has 2 aromatic rings. The molecule has 0 aliphatic carbocycles. The Labute approximate surface area is 88.3 Å². The molecule has 0 unspecified atom stereocenters. The number of hydrogen-bond acceptors (Lipinski definition) is 3. The van der Waals surface area contributed by atoms with Gasteiger partial charge in [-0.2, -0.15) is 5.10 Å². The molecule has 1 aliphatic rings. The maximum atomic E-state index is 4.47. The summed E-state index contributed by atoms with van der Waals surface area (Å²) in [6.45, 7) is 2.18. The van der Waals surface area contributed by atoms with Gasteiger partial charge in [0, 0.05) is 11.6 Å². The lowest BCUT2D eigenvalue weighted by Crippen LogP contribution is -2.29. The first kappa shape index (κ1) is 8.85. The maximum Gasteiger partial charge on any atom is 0.0868 e. The standard InChI is InChI=1S/C11H14N4/c1-4-13-8-11-9(1)7-14-15(11)10-2-5-12-6-3-10/h1,4,7-8,10,12H,2-3,5-6H2. The third-order valence-electron chi connectivity index (χ3n) is 3.06. The zero-order valence-corrected chi connectivity index (χ0v) is 8.56. The fourth-order valence-electron chi connectivity index (χ4n) is 2.23. The minimum atomic E-state index is 0.535. The van der Waals surface area contributed by atoms with Crippen molar-refractivity contribution in [3.05, 3.63) is 24.7 Å². The van der Waals surface area contributed by atoms with Gasteiger partial charge in [0.2, 0.25) is 0 Å². The highest BCUT2D eigenvalue weighted by molar-refractivity contribution is 5.77. The van der Waals surface area contributed by atoms with Crippen LogP contribution in [0.15, 0.2) is 24.7 Å². The van der Waals surface area contributed by atoms with E-state index in [0.717, 1.165) is 31.4 Å². The predicted molar refractivity (Wildman–Crippen MR) is 58.7 cm³/mol. The van der Waals surface area contributed by atoms with Gasteiger partial charge < -0.3 is 5.32 Å². The quantitative estimate of drug-likeness (QED) is 0.759. The van der Waals surface area contributed by atoms with E-state index in [1.54, 1.807) is 0 Å². The molecule has 0 spiro atoms. The normalized spacial score (nSPS) is 18.4. The van der Waals surface area contributed by atoms with E-state index in [0.29, 0.717) is 6.04 Å². The molecule has 0 saturated carbocycles. The lowest BCUT2D eigenvalue weighted by atomic mass is 10.1. The summed E-state index contributed by atoms with van der Waals surface area (Å²) in [4.78, 5) is 4.16. The highest BCUT2D eigenvalue weighted by Gasteiger charge is 2.17. The third-order valence-corrected chi connectivity index (χ3v) is 3.06. The number of nitrogens with zero attached hydrogens (tertiary/aromatic N) is 3. The first-order chi connectivity index (χ1) is 7.45. The summed E-state index contributed by atoms with van der Waals surface area (Å²) < 4.78 is 2.13. The number of aromatic nitrogens is 3. The van der Waals surface area contributed by atoms with E-state index in [2.05, 4.69) is 20.1 Å². The van der Waals surface area contributed by atoms with Crippen molar-refractivity contribution < 1.29 is 0 Å². The van der Waals surface area contributed by atoms with E-state index in [1.807, 2.05) is 24.7 Å². The average Bonchev–Trinajstić information content (AvgIpc) is 2.74. The van der Waals surface area contributed by atoms with Crippen LogP contribution in [0.25, 0.3) is 10.9 Å². The first-order valence-electron chi connectivity index (χ1n) is 5.43. The van der Waals surface area contributed by atoms with Crippen LogP contribution in [0.1, 0.15) is 18.9 Å². The van der Waals surface area contributed by atoms with E-state index in [9.17, 15) is 0 Å². The number of rotatable bonds is 1. The molecule has 2 aromatic heterocycles. The van der Waals surface area contributed by atoms with Crippen LogP contribution in [-0.2, 0) is 0 Å². The monoisotopic (exact) mass is 202 g/mol. The zero-order valence-electron chi connectivity index (χ0n) is 8.56. The summed E-state index contributed by atoms with van der Waals surface area (Å²) in [6.07, 6.45) is 7.97. The molecule has 0 bridgehead atoms. The van der Waals surface area contributed by atoms with Gasteiger partial charge in [-0.1, -0.05) is 0 Å². The molecule has 0 atom stereocenters. The molecule has 4 heteroatoms. The van der Waals surface area contributed by atoms with E-state index in [-0.39, 0.29) is 0 Å². The lowest BCUT2D eigenvalue weighted by molar-refractivity contribution is 0.351. The van der Waals surface area contributed by atoms with E-state index >= 15 is 0 Å². The summed E-state index contributed by atoms with van der Waals surface area (Å²) in [5, 5.41) is 9.02. The van der Waals surface area contributed by atoms with E-state index in [4.69, 9.17) is 0 Å². The SMILES string of the molecule is c1cc2cnn(C3CCNCC3)c2cn1. The van der Waals surface area contributed by atoms with Gasteiger partial charge in [-0.25, -0.2) is 0 Å². The molecule has 0 radical (unpaired) electrons. The number of pyridine rings is 1. The Kier molecular flexibility index (Phi) is 2.14. The minimum absolute atomic E-state index is 0.535. The summed E-state index contributed by atoms with van der Waals surface area (Å²) in [7, 11) is 0. The second-order valence-electron chi connectivity index (χ2n) is 4.00. The molecule has 1 fully saturated rings. The molecular formula is C11H14N4. The number of nitrogens with one attached hydrogen (secondary N) is 1. The van der Waals surface area contributed by atoms with Crippen molar-refractivity contribution in [3.8, 4) is 0 Å². The molecule has 3 rings (SSSR count). The van der Waals surface area contributed by atoms with Gasteiger partial charge in [0.1, 0.15) is 0 Å². The van der Waals surface area contributed by atoms with Crippen molar-refractivity contribution >= 4 is 10.9 Å². The van der Waals surface area contributed by atoms with Crippen molar-refractivity contribution in [1.29, 1.82) is 0 Å². The summed E-state index contributed by atoms with van der Waals surface area (Å²) in [6, 6.07) is 2.55. The molecule has 15 heavy (non-hydrogen) atoms. The lowest BCUT2D eigenvalue weighted by Gasteiger charge is -2.23.